The molecule has 396 valence electrons. The van der Waals surface area contributed by atoms with Crippen LogP contribution in [0.3, 0.4) is 0 Å². The van der Waals surface area contributed by atoms with Gasteiger partial charge in [0.1, 0.15) is 6.54 Å². The summed E-state index contributed by atoms with van der Waals surface area (Å²) in [5.41, 5.74) is 8.70. The van der Waals surface area contributed by atoms with Gasteiger partial charge in [-0.25, -0.2) is 0 Å². The molecular formula is C51H71N4O13S4+. The van der Waals surface area contributed by atoms with Crippen LogP contribution in [0.15, 0.2) is 118 Å². The molecule has 1 aliphatic carbocycles. The highest BCUT2D eigenvalue weighted by molar-refractivity contribution is 7.86. The second kappa shape index (κ2) is 25.6. The number of unbranched alkanes of at least 4 members (excludes halogenated alkanes) is 6. The van der Waals surface area contributed by atoms with Crippen LogP contribution in [0.25, 0.3) is 0 Å². The Morgan fingerprint density at radius 3 is 1.96 bits per heavy atom. The maximum Gasteiger partial charge on any atom is 0.294 e. The highest BCUT2D eigenvalue weighted by Crippen LogP contribution is 2.52. The van der Waals surface area contributed by atoms with E-state index in [1.54, 1.807) is 12.1 Å². The third kappa shape index (κ3) is 16.5. The minimum absolute atomic E-state index is 0.0428. The number of fused-ring (bicyclic) bond motifs is 2. The van der Waals surface area contributed by atoms with Crippen LogP contribution in [0.4, 0.5) is 11.4 Å². The lowest BCUT2D eigenvalue weighted by molar-refractivity contribution is -0.438. The highest BCUT2D eigenvalue weighted by Gasteiger charge is 2.48. The van der Waals surface area contributed by atoms with E-state index >= 15 is 0 Å². The van der Waals surface area contributed by atoms with Crippen molar-refractivity contribution in [1.82, 2.24) is 5.32 Å². The number of hydrogen-bond donors (Lipinski definition) is 6. The van der Waals surface area contributed by atoms with Crippen LogP contribution in [-0.4, -0.2) is 106 Å². The Kier molecular flexibility index (Phi) is 20.7. The van der Waals surface area contributed by atoms with Crippen molar-refractivity contribution in [2.24, 2.45) is 5.73 Å². The van der Waals surface area contributed by atoms with Gasteiger partial charge in [0, 0.05) is 60.4 Å². The fraction of sp³-hybridized carbons (Fsp3) is 0.490. The minimum atomic E-state index is -4.65. The number of nitrogens with zero attached hydrogens (tertiary/aromatic N) is 2. The molecule has 0 bridgehead atoms. The van der Waals surface area contributed by atoms with E-state index in [2.05, 4.69) is 14.8 Å². The molecule has 17 nitrogen and oxygen atoms in total. The SMILES string of the molecule is CC1(CCCCS(=O)(=O)O)C(=CC=CC2=[N+](CCCC3=CC=CC=CC=C3)c3ccc(S(=O)(=O)O)cc3C2(C)CCCCS(=O)(=O)O)N(CCCCCC(=O)NCCCCCN)c2ccc(S(=O)(=O)O)cc21. The van der Waals surface area contributed by atoms with E-state index in [-0.39, 0.29) is 28.5 Å². The number of nitrogens with one attached hydrogen (secondary N) is 1. The summed E-state index contributed by atoms with van der Waals surface area (Å²) in [4.78, 5) is 14.1. The smallest absolute Gasteiger partial charge is 0.294 e. The van der Waals surface area contributed by atoms with Crippen molar-refractivity contribution >= 4 is 63.5 Å². The molecule has 0 aromatic heterocycles. The first-order chi connectivity index (χ1) is 33.9. The van der Waals surface area contributed by atoms with Crippen molar-refractivity contribution in [1.29, 1.82) is 0 Å². The van der Waals surface area contributed by atoms with Gasteiger partial charge in [-0.2, -0.15) is 38.2 Å². The summed E-state index contributed by atoms with van der Waals surface area (Å²) in [5, 5.41) is 2.96. The molecule has 2 heterocycles. The van der Waals surface area contributed by atoms with E-state index in [9.17, 15) is 56.7 Å². The summed E-state index contributed by atoms with van der Waals surface area (Å²) < 4.78 is 139. The van der Waals surface area contributed by atoms with Gasteiger partial charge in [-0.1, -0.05) is 74.3 Å². The number of allylic oxidation sites excluding steroid dienone is 12. The number of nitrogens with two attached hydrogens (primary N) is 1. The molecule has 0 fully saturated rings. The Morgan fingerprint density at radius 2 is 1.31 bits per heavy atom. The van der Waals surface area contributed by atoms with Gasteiger partial charge in [-0.05, 0) is 126 Å². The monoisotopic (exact) mass is 1080 g/mol. The molecule has 3 aliphatic rings. The topological polar surface area (TPSA) is 279 Å². The average molecular weight is 1080 g/mol. The first-order valence-electron chi connectivity index (χ1n) is 24.5. The average Bonchev–Trinajstić information content (AvgIpc) is 3.65. The Hall–Kier alpha value is -4.58. The molecule has 0 saturated heterocycles. The summed E-state index contributed by atoms with van der Waals surface area (Å²) in [5.74, 6) is -1.00. The third-order valence-electron chi connectivity index (χ3n) is 13.6. The fourth-order valence-corrected chi connectivity index (χ4v) is 12.0. The molecule has 2 aromatic carbocycles. The fourth-order valence-electron chi connectivity index (χ4n) is 9.86. The summed E-state index contributed by atoms with van der Waals surface area (Å²) >= 11 is 0. The number of benzene rings is 2. The standard InChI is InChI=1S/C51H70N4O13S4/c1-50(30-11-16-36-69(57,58)59)43-38-41(71(63,64)65)26-28-45(43)54(34-15-6-10-25-49(56)53-33-14-7-13-32-52)47(50)23-18-24-48-51(2,31-12-17-37-70(60,61)62)44-39-42(72(66,67)68)27-29-46(44)55(48)35-19-22-40-20-8-4-3-5-9-21-40/h3-5,8-9,18,20-21,23-24,26-29,38-39H,6-7,10-17,19,22,25,30-37,52H2,1-2H3,(H4-,53,56,57,58,59,60,61,62,63,64,65,66,67,68)/p+1. The Morgan fingerprint density at radius 1 is 0.694 bits per heavy atom. The summed E-state index contributed by atoms with van der Waals surface area (Å²) in [6, 6.07) is 8.81. The zero-order valence-corrected chi connectivity index (χ0v) is 44.4. The normalized spacial score (nSPS) is 19.8. The zero-order chi connectivity index (χ0) is 52.8. The van der Waals surface area contributed by atoms with Crippen molar-refractivity contribution < 1.29 is 61.3 Å². The van der Waals surface area contributed by atoms with Crippen LogP contribution in [0.1, 0.15) is 121 Å². The van der Waals surface area contributed by atoms with Gasteiger partial charge >= 0.3 is 0 Å². The van der Waals surface area contributed by atoms with Gasteiger partial charge in [0.2, 0.25) is 11.6 Å². The van der Waals surface area contributed by atoms with Crippen molar-refractivity contribution in [2.45, 2.75) is 131 Å². The molecule has 0 saturated carbocycles. The van der Waals surface area contributed by atoms with E-state index in [0.29, 0.717) is 113 Å². The molecule has 2 atom stereocenters. The molecule has 0 radical (unpaired) electrons. The van der Waals surface area contributed by atoms with Crippen molar-refractivity contribution in [3.63, 3.8) is 0 Å². The van der Waals surface area contributed by atoms with Gasteiger partial charge in [0.05, 0.1) is 26.7 Å². The Bertz CT molecular complexity index is 2960. The van der Waals surface area contributed by atoms with Crippen molar-refractivity contribution in [3.05, 3.63) is 120 Å². The molecule has 21 heteroatoms. The first-order valence-corrected chi connectivity index (χ1v) is 30.6. The number of carbonyl (C=O) groups excluding carboxylic acids is 1. The van der Waals surface area contributed by atoms with E-state index in [0.717, 1.165) is 36.2 Å². The number of hydrogen-bond acceptors (Lipinski definition) is 11. The number of amides is 1. The lowest BCUT2D eigenvalue weighted by Crippen LogP contribution is -2.32. The van der Waals surface area contributed by atoms with Gasteiger partial charge in [0.15, 0.2) is 5.71 Å². The van der Waals surface area contributed by atoms with Crippen LogP contribution in [0, 0.1) is 0 Å². The molecule has 7 N–H and O–H groups in total. The molecule has 1 amide bonds. The summed E-state index contributed by atoms with van der Waals surface area (Å²) in [7, 11) is -17.8. The summed E-state index contributed by atoms with van der Waals surface area (Å²) in [6.07, 6.45) is 27.1. The second-order valence-corrected chi connectivity index (χ2v) is 25.0. The molecule has 72 heavy (non-hydrogen) atoms. The van der Waals surface area contributed by atoms with Crippen LogP contribution >= 0.6 is 0 Å². The quantitative estimate of drug-likeness (QED) is 0.0255. The first kappa shape index (κ1) is 58.3. The van der Waals surface area contributed by atoms with Gasteiger partial charge < -0.3 is 16.0 Å². The van der Waals surface area contributed by atoms with Crippen molar-refractivity contribution in [3.8, 4) is 0 Å². The predicted octanol–water partition coefficient (Wildman–Crippen LogP) is 8.06. The van der Waals surface area contributed by atoms with Crippen LogP contribution in [0.5, 0.6) is 0 Å². The zero-order valence-electron chi connectivity index (χ0n) is 41.2. The number of rotatable bonds is 29. The van der Waals surface area contributed by atoms with Crippen LogP contribution < -0.4 is 16.0 Å². The lowest BCUT2D eigenvalue weighted by Gasteiger charge is -2.30. The maximum absolute atomic E-state index is 12.6. The van der Waals surface area contributed by atoms with Crippen molar-refractivity contribution in [2.75, 3.05) is 42.6 Å². The van der Waals surface area contributed by atoms with E-state index < -0.39 is 62.8 Å². The van der Waals surface area contributed by atoms with Crippen LogP contribution in [-0.2, 0) is 56.1 Å². The molecule has 2 aromatic rings. The molecule has 5 rings (SSSR count). The second-order valence-electron chi connectivity index (χ2n) is 19.0. The van der Waals surface area contributed by atoms with Crippen LogP contribution in [0.2, 0.25) is 0 Å². The highest BCUT2D eigenvalue weighted by atomic mass is 32.2. The Balaban J connectivity index is 1.60. The predicted molar refractivity (Wildman–Crippen MR) is 281 cm³/mol. The van der Waals surface area contributed by atoms with Gasteiger partial charge in [-0.3, -0.25) is 23.0 Å². The molecular weight excluding hydrogens is 1000 g/mol. The van der Waals surface area contributed by atoms with E-state index in [1.165, 1.54) is 24.3 Å². The molecule has 2 unspecified atom stereocenters. The lowest BCUT2D eigenvalue weighted by atomic mass is 9.75. The van der Waals surface area contributed by atoms with E-state index in [1.807, 2.05) is 74.6 Å². The number of carbonyl (C=O) groups is 1. The van der Waals surface area contributed by atoms with E-state index in [4.69, 9.17) is 5.73 Å². The van der Waals surface area contributed by atoms with Gasteiger partial charge in [-0.15, -0.1) is 0 Å². The Labute approximate surface area is 426 Å². The van der Waals surface area contributed by atoms with Gasteiger partial charge in [0.25, 0.3) is 40.5 Å². The number of anilines is 1. The third-order valence-corrected chi connectivity index (χ3v) is 16.9. The largest absolute Gasteiger partial charge is 0.356 e. The maximum atomic E-state index is 12.6. The molecule has 2 aliphatic heterocycles. The summed E-state index contributed by atoms with van der Waals surface area (Å²) in [6.45, 7) is 5.92. The minimum Gasteiger partial charge on any atom is -0.356 e. The molecule has 0 spiro atoms.